The Morgan fingerprint density at radius 3 is 2.50 bits per heavy atom. The molecule has 3 aromatic carbocycles. The Bertz CT molecular complexity index is 1120. The molecule has 3 aromatic rings. The van der Waals surface area contributed by atoms with E-state index in [0.717, 1.165) is 46.9 Å². The minimum absolute atomic E-state index is 0.360. The van der Waals surface area contributed by atoms with E-state index in [4.69, 9.17) is 16.3 Å². The van der Waals surface area contributed by atoms with Crippen LogP contribution in [0.3, 0.4) is 0 Å². The number of benzene rings is 3. The maximum Gasteiger partial charge on any atom is 0.337 e. The van der Waals surface area contributed by atoms with Crippen LogP contribution >= 0.6 is 11.6 Å². The van der Waals surface area contributed by atoms with Crippen LogP contribution in [-0.4, -0.2) is 48.6 Å². The van der Waals surface area contributed by atoms with Crippen LogP contribution in [0.25, 0.3) is 11.1 Å². The van der Waals surface area contributed by atoms with Crippen molar-refractivity contribution in [1.82, 2.24) is 4.90 Å². The molecule has 0 bridgehead atoms. The molecule has 0 amide bonds. The molecule has 1 unspecified atom stereocenters. The smallest absolute Gasteiger partial charge is 0.337 e. The van der Waals surface area contributed by atoms with Gasteiger partial charge >= 0.3 is 5.97 Å². The fourth-order valence-corrected chi connectivity index (χ4v) is 4.48. The van der Waals surface area contributed by atoms with E-state index < -0.39 is 5.85 Å². The van der Waals surface area contributed by atoms with Crippen molar-refractivity contribution in [3.63, 3.8) is 0 Å². The average Bonchev–Trinajstić information content (AvgIpc) is 3.11. The summed E-state index contributed by atoms with van der Waals surface area (Å²) in [6.45, 7) is 4.04. The molecule has 1 aliphatic rings. The van der Waals surface area contributed by atoms with E-state index in [1.54, 1.807) is 6.07 Å². The molecule has 0 aromatic heterocycles. The third-order valence-corrected chi connectivity index (χ3v) is 6.27. The molecule has 4 rings (SSSR count). The highest BCUT2D eigenvalue weighted by molar-refractivity contribution is 6.30. The average molecular weight is 451 g/mol. The molecular weight excluding hydrogens is 424 g/mol. The topological polar surface area (TPSA) is 53.0 Å². The van der Waals surface area contributed by atoms with E-state index in [1.165, 1.54) is 7.11 Å². The first kappa shape index (κ1) is 22.3. The van der Waals surface area contributed by atoms with Gasteiger partial charge in [-0.2, -0.15) is 0 Å². The van der Waals surface area contributed by atoms with Gasteiger partial charge in [0.15, 0.2) is 5.85 Å². The second kappa shape index (κ2) is 9.33. The van der Waals surface area contributed by atoms with Crippen molar-refractivity contribution in [2.45, 2.75) is 19.2 Å². The van der Waals surface area contributed by atoms with Crippen LogP contribution in [0.1, 0.15) is 22.8 Å². The number of carbonyl (C=O) groups excluding carboxylic acids is 1. The van der Waals surface area contributed by atoms with E-state index >= 15 is 0 Å². The Morgan fingerprint density at radius 2 is 1.75 bits per heavy atom. The number of anilines is 1. The highest BCUT2D eigenvalue weighted by Crippen LogP contribution is 2.33. The molecule has 0 spiro atoms. The Balaban J connectivity index is 1.52. The minimum atomic E-state index is -1.11. The monoisotopic (exact) mass is 450 g/mol. The van der Waals surface area contributed by atoms with E-state index in [0.29, 0.717) is 12.1 Å². The molecule has 166 valence electrons. The van der Waals surface area contributed by atoms with Crippen LogP contribution < -0.4 is 4.90 Å². The molecule has 1 atom stereocenters. The van der Waals surface area contributed by atoms with Gasteiger partial charge in [-0.1, -0.05) is 48.0 Å². The number of ether oxygens (including phenoxy) is 1. The van der Waals surface area contributed by atoms with Gasteiger partial charge in [-0.05, 0) is 66.4 Å². The quantitative estimate of drug-likeness (QED) is 0.545. The Labute approximate surface area is 193 Å². The summed E-state index contributed by atoms with van der Waals surface area (Å²) in [4.78, 5) is 16.0. The van der Waals surface area contributed by atoms with Crippen LogP contribution in [-0.2, 0) is 11.2 Å². The lowest BCUT2D eigenvalue weighted by atomic mass is 10.0. The third kappa shape index (κ3) is 4.65. The van der Waals surface area contributed by atoms with Gasteiger partial charge in [-0.15, -0.1) is 0 Å². The summed E-state index contributed by atoms with van der Waals surface area (Å²) in [7, 11) is 1.38. The van der Waals surface area contributed by atoms with Gasteiger partial charge < -0.3 is 14.7 Å². The number of methoxy groups -OCH3 is 1. The van der Waals surface area contributed by atoms with Gasteiger partial charge in [-0.3, -0.25) is 4.90 Å². The second-order valence-corrected chi connectivity index (χ2v) is 8.55. The zero-order chi connectivity index (χ0) is 22.7. The zero-order valence-electron chi connectivity index (χ0n) is 18.3. The predicted molar refractivity (Wildman–Crippen MR) is 128 cm³/mol. The Morgan fingerprint density at radius 1 is 1.03 bits per heavy atom. The first-order valence-electron chi connectivity index (χ1n) is 10.7. The summed E-state index contributed by atoms with van der Waals surface area (Å²) in [5, 5.41) is 12.1. The van der Waals surface area contributed by atoms with Crippen LogP contribution in [0.4, 0.5) is 5.69 Å². The van der Waals surface area contributed by atoms with Gasteiger partial charge in [0.05, 0.1) is 12.7 Å². The standard InChI is InChI=1S/C26H27ClN2O3/c1-26(31)28(13-12-19-6-3-10-23(27)16-19)14-15-29(26)24-11-5-8-21(18-24)20-7-4-9-22(17-20)25(30)32-2/h3-11,16-18,31H,12-15H2,1-2H3. The van der Waals surface area contributed by atoms with Crippen LogP contribution in [0.2, 0.25) is 5.02 Å². The lowest BCUT2D eigenvalue weighted by molar-refractivity contribution is -0.0610. The number of rotatable bonds is 6. The highest BCUT2D eigenvalue weighted by atomic mass is 35.5. The van der Waals surface area contributed by atoms with Crippen molar-refractivity contribution in [2.24, 2.45) is 0 Å². The summed E-state index contributed by atoms with van der Waals surface area (Å²) in [6, 6.07) is 23.2. The first-order chi connectivity index (χ1) is 15.4. The van der Waals surface area contributed by atoms with Crippen LogP contribution in [0, 0.1) is 0 Å². The van der Waals surface area contributed by atoms with E-state index in [1.807, 2.05) is 72.5 Å². The molecule has 1 N–H and O–H groups in total. The SMILES string of the molecule is COC(=O)c1cccc(-c2cccc(N3CCN(CCc4cccc(Cl)c4)C3(C)O)c2)c1. The number of carbonyl (C=O) groups is 1. The highest BCUT2D eigenvalue weighted by Gasteiger charge is 2.41. The number of aliphatic hydroxyl groups is 1. The first-order valence-corrected chi connectivity index (χ1v) is 11.0. The number of nitrogens with zero attached hydrogens (tertiary/aromatic N) is 2. The van der Waals surface area contributed by atoms with Gasteiger partial charge in [0.25, 0.3) is 0 Å². The van der Waals surface area contributed by atoms with E-state index in [2.05, 4.69) is 11.0 Å². The number of hydrogen-bond acceptors (Lipinski definition) is 5. The summed E-state index contributed by atoms with van der Waals surface area (Å²) < 4.78 is 4.84. The number of halogens is 1. The molecule has 0 saturated carbocycles. The third-order valence-electron chi connectivity index (χ3n) is 6.04. The molecule has 5 nitrogen and oxygen atoms in total. The maximum atomic E-state index is 11.9. The lowest BCUT2D eigenvalue weighted by Crippen LogP contribution is -2.51. The predicted octanol–water partition coefficient (Wildman–Crippen LogP) is 4.82. The fraction of sp³-hybridized carbons (Fsp3) is 0.269. The Hall–Kier alpha value is -2.86. The van der Waals surface area contributed by atoms with Crippen molar-refractivity contribution in [3.05, 3.63) is 88.9 Å². The maximum absolute atomic E-state index is 11.9. The largest absolute Gasteiger partial charge is 0.465 e. The molecule has 0 aliphatic carbocycles. The van der Waals surface area contributed by atoms with Crippen molar-refractivity contribution < 1.29 is 14.6 Å². The molecule has 32 heavy (non-hydrogen) atoms. The molecular formula is C26H27ClN2O3. The molecule has 1 fully saturated rings. The van der Waals surface area contributed by atoms with Crippen molar-refractivity contribution in [2.75, 3.05) is 31.6 Å². The molecule has 1 saturated heterocycles. The van der Waals surface area contributed by atoms with Crippen LogP contribution in [0.5, 0.6) is 0 Å². The van der Waals surface area contributed by atoms with E-state index in [-0.39, 0.29) is 5.97 Å². The normalized spacial score (nSPS) is 18.7. The number of esters is 1. The molecule has 1 heterocycles. The summed E-state index contributed by atoms with van der Waals surface area (Å²) in [6.07, 6.45) is 0.810. The molecule has 0 radical (unpaired) electrons. The minimum Gasteiger partial charge on any atom is -0.465 e. The van der Waals surface area contributed by atoms with Crippen molar-refractivity contribution >= 4 is 23.3 Å². The van der Waals surface area contributed by atoms with Gasteiger partial charge in [0, 0.05) is 30.3 Å². The van der Waals surface area contributed by atoms with Crippen molar-refractivity contribution in [1.29, 1.82) is 0 Å². The fourth-order valence-electron chi connectivity index (χ4n) is 4.27. The molecule has 1 aliphatic heterocycles. The van der Waals surface area contributed by atoms with Crippen LogP contribution in [0.15, 0.2) is 72.8 Å². The number of hydrogen-bond donors (Lipinski definition) is 1. The zero-order valence-corrected chi connectivity index (χ0v) is 19.0. The summed E-state index contributed by atoms with van der Waals surface area (Å²) in [5.41, 5.74) is 4.49. The lowest BCUT2D eigenvalue weighted by Gasteiger charge is -2.37. The van der Waals surface area contributed by atoms with E-state index in [9.17, 15) is 9.90 Å². The Kier molecular flexibility index (Phi) is 6.51. The van der Waals surface area contributed by atoms with Gasteiger partial charge in [0.2, 0.25) is 0 Å². The van der Waals surface area contributed by atoms with Crippen molar-refractivity contribution in [3.8, 4) is 11.1 Å². The summed E-state index contributed by atoms with van der Waals surface area (Å²) >= 11 is 6.10. The summed E-state index contributed by atoms with van der Waals surface area (Å²) in [5.74, 6) is -1.47. The molecule has 6 heteroatoms. The second-order valence-electron chi connectivity index (χ2n) is 8.11. The van der Waals surface area contributed by atoms with Gasteiger partial charge in [-0.25, -0.2) is 4.79 Å². The van der Waals surface area contributed by atoms with Gasteiger partial charge in [0.1, 0.15) is 0 Å².